The SMILES string of the molecule is Cc1cccc(C(C)(C)CC(=O)Cn2nc(-c3ccc(Cl)cc3)n(CC(O)C(F)(F)F)c2=O)c1. The molecule has 2 aromatic carbocycles. The number of hydrogen-bond acceptors (Lipinski definition) is 4. The van der Waals surface area contributed by atoms with Crippen LogP contribution in [-0.2, 0) is 23.3 Å². The van der Waals surface area contributed by atoms with Gasteiger partial charge in [0.1, 0.15) is 6.54 Å². The standard InChI is InChI=1S/C24H25ClF3N3O3/c1-15-5-4-6-17(11-15)23(2,3)12-19(32)13-31-22(34)30(14-20(33)24(26,27)28)21(29-31)16-7-9-18(25)10-8-16/h4-11,20,33H,12-14H2,1-3H3. The molecule has 0 fully saturated rings. The van der Waals surface area contributed by atoms with Gasteiger partial charge in [-0.1, -0.05) is 55.3 Å². The van der Waals surface area contributed by atoms with E-state index in [9.17, 15) is 27.9 Å². The van der Waals surface area contributed by atoms with Crippen molar-refractivity contribution in [3.8, 4) is 11.4 Å². The maximum atomic E-state index is 13.0. The predicted molar refractivity (Wildman–Crippen MR) is 123 cm³/mol. The molecule has 1 N–H and O–H groups in total. The Morgan fingerprint density at radius 2 is 1.79 bits per heavy atom. The first-order valence-electron chi connectivity index (χ1n) is 10.5. The van der Waals surface area contributed by atoms with Gasteiger partial charge in [0, 0.05) is 17.0 Å². The lowest BCUT2D eigenvalue weighted by Gasteiger charge is -2.24. The summed E-state index contributed by atoms with van der Waals surface area (Å²) in [5, 5.41) is 14.1. The maximum absolute atomic E-state index is 13.0. The molecule has 0 aliphatic heterocycles. The van der Waals surface area contributed by atoms with Crippen LogP contribution in [0.3, 0.4) is 0 Å². The predicted octanol–water partition coefficient (Wildman–Crippen LogP) is 4.53. The Balaban J connectivity index is 1.92. The van der Waals surface area contributed by atoms with Gasteiger partial charge in [0.05, 0.1) is 6.54 Å². The van der Waals surface area contributed by atoms with E-state index in [4.69, 9.17) is 11.6 Å². The van der Waals surface area contributed by atoms with Crippen LogP contribution in [-0.4, -0.2) is 37.5 Å². The second-order valence-corrected chi connectivity index (χ2v) is 9.34. The number of carbonyl (C=O) groups is 1. The van der Waals surface area contributed by atoms with E-state index in [1.165, 1.54) is 24.3 Å². The average Bonchev–Trinajstić information content (AvgIpc) is 3.03. The molecule has 3 rings (SSSR count). The Morgan fingerprint density at radius 1 is 1.15 bits per heavy atom. The molecular weight excluding hydrogens is 471 g/mol. The number of Topliss-reactive ketones (excluding diaryl/α,β-unsaturated/α-hetero) is 1. The molecule has 0 bridgehead atoms. The van der Waals surface area contributed by atoms with E-state index in [2.05, 4.69) is 5.10 Å². The Hall–Kier alpha value is -2.91. The monoisotopic (exact) mass is 495 g/mol. The minimum absolute atomic E-state index is 0.0945. The quantitative estimate of drug-likeness (QED) is 0.498. The van der Waals surface area contributed by atoms with Crippen molar-refractivity contribution in [1.29, 1.82) is 0 Å². The molecule has 182 valence electrons. The first-order valence-corrected chi connectivity index (χ1v) is 10.9. The number of carbonyl (C=O) groups excluding carboxylic acids is 1. The first kappa shape index (κ1) is 25.7. The Kier molecular flexibility index (Phi) is 7.38. The normalized spacial score (nSPS) is 13.2. The van der Waals surface area contributed by atoms with Crippen molar-refractivity contribution >= 4 is 17.4 Å². The van der Waals surface area contributed by atoms with Crippen molar-refractivity contribution in [3.05, 3.63) is 75.2 Å². The zero-order valence-electron chi connectivity index (χ0n) is 18.9. The lowest BCUT2D eigenvalue weighted by Crippen LogP contribution is -2.37. The van der Waals surface area contributed by atoms with E-state index in [1.54, 1.807) is 0 Å². The maximum Gasteiger partial charge on any atom is 0.416 e. The van der Waals surface area contributed by atoms with Crippen molar-refractivity contribution in [1.82, 2.24) is 14.3 Å². The number of halogens is 4. The van der Waals surface area contributed by atoms with Crippen LogP contribution in [0.5, 0.6) is 0 Å². The summed E-state index contributed by atoms with van der Waals surface area (Å²) in [6.07, 6.45) is -7.60. The van der Waals surface area contributed by atoms with Gasteiger partial charge in [-0.15, -0.1) is 5.10 Å². The fourth-order valence-corrected chi connectivity index (χ4v) is 3.81. The third kappa shape index (κ3) is 5.95. The van der Waals surface area contributed by atoms with E-state index in [0.29, 0.717) is 10.6 Å². The van der Waals surface area contributed by atoms with E-state index in [1.807, 2.05) is 45.0 Å². The molecule has 1 heterocycles. The summed E-state index contributed by atoms with van der Waals surface area (Å²) in [6, 6.07) is 13.7. The highest BCUT2D eigenvalue weighted by Crippen LogP contribution is 2.28. The lowest BCUT2D eigenvalue weighted by atomic mass is 9.79. The van der Waals surface area contributed by atoms with Gasteiger partial charge in [0.25, 0.3) is 0 Å². The second-order valence-electron chi connectivity index (χ2n) is 8.91. The van der Waals surface area contributed by atoms with Gasteiger partial charge in [0.15, 0.2) is 17.7 Å². The Bertz CT molecular complexity index is 1230. The summed E-state index contributed by atoms with van der Waals surface area (Å²) < 4.78 is 40.5. The molecule has 0 aliphatic rings. The van der Waals surface area contributed by atoms with Crippen LogP contribution in [0.2, 0.25) is 5.02 Å². The van der Waals surface area contributed by atoms with Crippen molar-refractivity contribution in [2.45, 2.75) is 58.0 Å². The van der Waals surface area contributed by atoms with Gasteiger partial charge in [0.2, 0.25) is 0 Å². The van der Waals surface area contributed by atoms with Crippen LogP contribution in [0, 0.1) is 6.92 Å². The van der Waals surface area contributed by atoms with Crippen LogP contribution in [0.1, 0.15) is 31.4 Å². The largest absolute Gasteiger partial charge is 0.416 e. The van der Waals surface area contributed by atoms with Gasteiger partial charge in [-0.05, 0) is 42.2 Å². The van der Waals surface area contributed by atoms with E-state index >= 15 is 0 Å². The molecule has 10 heteroatoms. The number of rotatable bonds is 8. The fourth-order valence-electron chi connectivity index (χ4n) is 3.68. The number of ketones is 1. The molecule has 1 atom stereocenters. The van der Waals surface area contributed by atoms with Crippen LogP contribution >= 0.6 is 11.6 Å². The molecule has 6 nitrogen and oxygen atoms in total. The molecule has 0 aliphatic carbocycles. The summed E-state index contributed by atoms with van der Waals surface area (Å²) in [4.78, 5) is 25.8. The fraction of sp³-hybridized carbons (Fsp3) is 0.375. The van der Waals surface area contributed by atoms with E-state index in [-0.39, 0.29) is 18.0 Å². The van der Waals surface area contributed by atoms with Gasteiger partial charge in [-0.2, -0.15) is 13.2 Å². The summed E-state index contributed by atoms with van der Waals surface area (Å²) in [7, 11) is 0. The number of nitrogens with zero attached hydrogens (tertiary/aromatic N) is 3. The summed E-state index contributed by atoms with van der Waals surface area (Å²) in [5.74, 6) is -0.409. The van der Waals surface area contributed by atoms with Crippen molar-refractivity contribution in [3.63, 3.8) is 0 Å². The number of aliphatic hydroxyl groups excluding tert-OH is 1. The molecule has 0 saturated heterocycles. The highest BCUT2D eigenvalue weighted by atomic mass is 35.5. The van der Waals surface area contributed by atoms with Crippen LogP contribution in [0.25, 0.3) is 11.4 Å². The zero-order chi connectivity index (χ0) is 25.3. The van der Waals surface area contributed by atoms with Crippen molar-refractivity contribution < 1.29 is 23.1 Å². The summed E-state index contributed by atoms with van der Waals surface area (Å²) in [6.45, 7) is 4.29. The number of alkyl halides is 3. The number of benzene rings is 2. The zero-order valence-corrected chi connectivity index (χ0v) is 19.7. The smallest absolute Gasteiger partial charge is 0.382 e. The third-order valence-electron chi connectivity index (χ3n) is 5.52. The average molecular weight is 496 g/mol. The van der Waals surface area contributed by atoms with Gasteiger partial charge in [-0.25, -0.2) is 9.48 Å². The molecule has 1 unspecified atom stereocenters. The topological polar surface area (TPSA) is 77.1 Å². The van der Waals surface area contributed by atoms with Crippen molar-refractivity contribution in [2.75, 3.05) is 0 Å². The molecule has 1 aromatic heterocycles. The second kappa shape index (κ2) is 9.76. The molecule has 34 heavy (non-hydrogen) atoms. The van der Waals surface area contributed by atoms with Crippen LogP contribution < -0.4 is 5.69 Å². The molecular formula is C24H25ClF3N3O3. The summed E-state index contributed by atoms with van der Waals surface area (Å²) >= 11 is 5.88. The Morgan fingerprint density at radius 3 is 2.38 bits per heavy atom. The highest BCUT2D eigenvalue weighted by molar-refractivity contribution is 6.30. The lowest BCUT2D eigenvalue weighted by molar-refractivity contribution is -0.207. The minimum atomic E-state index is -4.92. The van der Waals surface area contributed by atoms with Gasteiger partial charge >= 0.3 is 11.9 Å². The van der Waals surface area contributed by atoms with E-state index < -0.39 is 36.5 Å². The molecule has 0 spiro atoms. The van der Waals surface area contributed by atoms with E-state index in [0.717, 1.165) is 20.4 Å². The number of aliphatic hydroxyl groups is 1. The number of aryl methyl sites for hydroxylation is 1. The van der Waals surface area contributed by atoms with Gasteiger partial charge in [-0.3, -0.25) is 9.36 Å². The number of hydrogen-bond donors (Lipinski definition) is 1. The van der Waals surface area contributed by atoms with Crippen LogP contribution in [0.4, 0.5) is 13.2 Å². The molecule has 0 saturated carbocycles. The summed E-state index contributed by atoms with van der Waals surface area (Å²) in [5.41, 5.74) is 0.871. The first-order chi connectivity index (χ1) is 15.8. The Labute approximate surface area is 199 Å². The number of aromatic nitrogens is 3. The van der Waals surface area contributed by atoms with Gasteiger partial charge < -0.3 is 5.11 Å². The molecule has 0 amide bonds. The van der Waals surface area contributed by atoms with Crippen LogP contribution in [0.15, 0.2) is 53.3 Å². The van der Waals surface area contributed by atoms with Crippen molar-refractivity contribution in [2.24, 2.45) is 0 Å². The third-order valence-corrected chi connectivity index (χ3v) is 5.78. The molecule has 0 radical (unpaired) electrons. The highest BCUT2D eigenvalue weighted by Gasteiger charge is 2.39. The minimum Gasteiger partial charge on any atom is -0.382 e. The molecule has 3 aromatic rings.